The standard InChI is InChI=1S/C9H10N6O3S/c10-8(16)15(14-11)19(17,18)9-12-5-6-3-1-2-4-7(6)13-9/h1-5,14H,11H2,(H2,10,16). The first-order chi connectivity index (χ1) is 8.96. The average molecular weight is 282 g/mol. The zero-order valence-corrected chi connectivity index (χ0v) is 10.3. The average Bonchev–Trinajstić information content (AvgIpc) is 2.38. The molecule has 0 aliphatic carbocycles. The summed E-state index contributed by atoms with van der Waals surface area (Å²) in [6, 6.07) is 5.49. The van der Waals surface area contributed by atoms with Crippen LogP contribution in [-0.2, 0) is 10.0 Å². The lowest BCUT2D eigenvalue weighted by Crippen LogP contribution is -2.53. The molecule has 0 unspecified atom stereocenters. The molecule has 0 fully saturated rings. The van der Waals surface area contributed by atoms with E-state index in [1.807, 2.05) is 0 Å². The van der Waals surface area contributed by atoms with Gasteiger partial charge < -0.3 is 5.73 Å². The van der Waals surface area contributed by atoms with Crippen LogP contribution in [0.1, 0.15) is 0 Å². The summed E-state index contributed by atoms with van der Waals surface area (Å²) in [5.74, 6) is 4.95. The molecule has 0 aliphatic rings. The number of primary amides is 1. The largest absolute Gasteiger partial charge is 0.349 e. The zero-order valence-electron chi connectivity index (χ0n) is 9.52. The van der Waals surface area contributed by atoms with Crippen molar-refractivity contribution < 1.29 is 13.2 Å². The number of nitrogens with one attached hydrogen (secondary N) is 1. The first kappa shape index (κ1) is 13.1. The van der Waals surface area contributed by atoms with Gasteiger partial charge in [-0.1, -0.05) is 18.2 Å². The molecule has 2 amide bonds. The third-order valence-corrected chi connectivity index (χ3v) is 3.68. The number of nitrogens with zero attached hydrogens (tertiary/aromatic N) is 3. The number of amides is 2. The maximum absolute atomic E-state index is 12.0. The van der Waals surface area contributed by atoms with E-state index in [9.17, 15) is 13.2 Å². The highest BCUT2D eigenvalue weighted by Crippen LogP contribution is 2.14. The Kier molecular flexibility index (Phi) is 3.29. The van der Waals surface area contributed by atoms with Gasteiger partial charge in [-0.15, -0.1) is 4.41 Å². The number of benzene rings is 1. The van der Waals surface area contributed by atoms with E-state index in [0.29, 0.717) is 10.9 Å². The Bertz CT molecular complexity index is 732. The molecule has 0 atom stereocenters. The topological polar surface area (TPSA) is 144 Å². The van der Waals surface area contributed by atoms with Crippen LogP contribution in [0.4, 0.5) is 4.79 Å². The van der Waals surface area contributed by atoms with Crippen LogP contribution >= 0.6 is 0 Å². The summed E-state index contributed by atoms with van der Waals surface area (Å²) >= 11 is 0. The number of carbonyl (C=O) groups is 1. The van der Waals surface area contributed by atoms with E-state index in [1.165, 1.54) is 6.20 Å². The second kappa shape index (κ2) is 4.76. The van der Waals surface area contributed by atoms with Gasteiger partial charge in [0.05, 0.1) is 5.52 Å². The number of hydrogen-bond acceptors (Lipinski definition) is 7. The van der Waals surface area contributed by atoms with Gasteiger partial charge in [0.2, 0.25) is 0 Å². The molecule has 10 heteroatoms. The molecule has 19 heavy (non-hydrogen) atoms. The number of para-hydroxylation sites is 1. The maximum atomic E-state index is 12.0. The Morgan fingerprint density at radius 2 is 2.00 bits per heavy atom. The molecular weight excluding hydrogens is 272 g/mol. The lowest BCUT2D eigenvalue weighted by molar-refractivity contribution is 0.219. The SMILES string of the molecule is NNN(C(N)=O)S(=O)(=O)c1ncc2ccccc2n1. The number of sulfonamides is 1. The van der Waals surface area contributed by atoms with Gasteiger partial charge in [-0.3, -0.25) is 5.84 Å². The van der Waals surface area contributed by atoms with E-state index in [-0.39, 0.29) is 4.41 Å². The van der Waals surface area contributed by atoms with Crippen molar-refractivity contribution in [2.24, 2.45) is 11.6 Å². The first-order valence-electron chi connectivity index (χ1n) is 4.99. The molecule has 9 nitrogen and oxygen atoms in total. The maximum Gasteiger partial charge on any atom is 0.344 e. The summed E-state index contributed by atoms with van der Waals surface area (Å²) in [7, 11) is -4.34. The van der Waals surface area contributed by atoms with E-state index in [4.69, 9.17) is 11.6 Å². The third-order valence-electron chi connectivity index (χ3n) is 2.26. The molecule has 0 radical (unpaired) electrons. The van der Waals surface area contributed by atoms with Crippen LogP contribution in [0.25, 0.3) is 10.9 Å². The van der Waals surface area contributed by atoms with Crippen molar-refractivity contribution in [3.05, 3.63) is 30.5 Å². The number of hydrazine groups is 2. The molecule has 1 aromatic heterocycles. The second-order valence-electron chi connectivity index (χ2n) is 3.45. The molecule has 1 heterocycles. The molecule has 1 aromatic carbocycles. The van der Waals surface area contributed by atoms with Crippen LogP contribution in [-0.4, -0.2) is 28.8 Å². The van der Waals surface area contributed by atoms with Crippen molar-refractivity contribution in [1.29, 1.82) is 0 Å². The molecule has 2 aromatic rings. The van der Waals surface area contributed by atoms with Crippen molar-refractivity contribution in [2.75, 3.05) is 0 Å². The summed E-state index contributed by atoms with van der Waals surface area (Å²) in [5, 5.41) is 0.0794. The molecule has 0 saturated carbocycles. The van der Waals surface area contributed by atoms with Gasteiger partial charge in [-0.05, 0) is 6.07 Å². The van der Waals surface area contributed by atoms with Crippen LogP contribution in [0, 0.1) is 0 Å². The highest BCUT2D eigenvalue weighted by molar-refractivity contribution is 7.89. The fourth-order valence-electron chi connectivity index (χ4n) is 1.41. The molecule has 0 bridgehead atoms. The van der Waals surface area contributed by atoms with Gasteiger partial charge in [0.1, 0.15) is 0 Å². The Morgan fingerprint density at radius 1 is 1.32 bits per heavy atom. The predicted molar refractivity (Wildman–Crippen MR) is 65.5 cm³/mol. The fraction of sp³-hybridized carbons (Fsp3) is 0. The normalized spacial score (nSPS) is 11.4. The lowest BCUT2D eigenvalue weighted by atomic mass is 10.2. The van der Waals surface area contributed by atoms with Gasteiger partial charge in [0.15, 0.2) is 0 Å². The summed E-state index contributed by atoms with van der Waals surface area (Å²) in [4.78, 5) is 18.5. The van der Waals surface area contributed by atoms with E-state index in [1.54, 1.807) is 29.8 Å². The Morgan fingerprint density at radius 3 is 2.63 bits per heavy atom. The molecular formula is C9H10N6O3S. The van der Waals surface area contributed by atoms with Gasteiger partial charge in [-0.2, -0.15) is 14.0 Å². The number of aromatic nitrogens is 2. The van der Waals surface area contributed by atoms with Gasteiger partial charge >= 0.3 is 16.1 Å². The number of nitrogens with two attached hydrogens (primary N) is 2. The predicted octanol–water partition coefficient (Wildman–Crippen LogP) is -0.922. The summed E-state index contributed by atoms with van der Waals surface area (Å²) in [5.41, 5.74) is 6.99. The van der Waals surface area contributed by atoms with Crippen LogP contribution in [0.3, 0.4) is 0 Å². The van der Waals surface area contributed by atoms with E-state index < -0.39 is 21.2 Å². The number of rotatable bonds is 3. The number of hydrogen-bond donors (Lipinski definition) is 3. The smallest absolute Gasteiger partial charge is 0.344 e. The summed E-state index contributed by atoms with van der Waals surface area (Å²) in [6.07, 6.45) is 1.32. The van der Waals surface area contributed by atoms with Crippen LogP contribution in [0.15, 0.2) is 35.6 Å². The molecule has 0 spiro atoms. The number of carbonyl (C=O) groups excluding carboxylic acids is 1. The van der Waals surface area contributed by atoms with E-state index >= 15 is 0 Å². The van der Waals surface area contributed by atoms with E-state index in [2.05, 4.69) is 9.97 Å². The molecule has 2 rings (SSSR count). The van der Waals surface area contributed by atoms with Crippen molar-refractivity contribution in [3.63, 3.8) is 0 Å². The minimum Gasteiger partial charge on any atom is -0.349 e. The summed E-state index contributed by atoms with van der Waals surface area (Å²) in [6.45, 7) is 0. The van der Waals surface area contributed by atoms with Crippen LogP contribution < -0.4 is 17.1 Å². The fourth-order valence-corrected chi connectivity index (χ4v) is 2.35. The highest BCUT2D eigenvalue weighted by Gasteiger charge is 2.30. The Hall–Kier alpha value is -2.30. The Labute approximate surface area is 108 Å². The van der Waals surface area contributed by atoms with Crippen molar-refractivity contribution in [2.45, 2.75) is 5.16 Å². The Balaban J connectivity index is 2.57. The van der Waals surface area contributed by atoms with Gasteiger partial charge in [0.25, 0.3) is 5.16 Å². The highest BCUT2D eigenvalue weighted by atomic mass is 32.2. The van der Waals surface area contributed by atoms with Crippen molar-refractivity contribution in [1.82, 2.24) is 19.9 Å². The first-order valence-corrected chi connectivity index (χ1v) is 6.43. The number of fused-ring (bicyclic) bond motifs is 1. The molecule has 5 N–H and O–H groups in total. The quantitative estimate of drug-likeness (QED) is 0.375. The third kappa shape index (κ3) is 2.31. The summed E-state index contributed by atoms with van der Waals surface area (Å²) < 4.78 is 24.1. The van der Waals surface area contributed by atoms with Crippen LogP contribution in [0.5, 0.6) is 0 Å². The lowest BCUT2D eigenvalue weighted by Gasteiger charge is -2.16. The number of urea groups is 1. The minimum absolute atomic E-state index is 0.0527. The molecule has 0 saturated heterocycles. The minimum atomic E-state index is -4.34. The van der Waals surface area contributed by atoms with E-state index in [0.717, 1.165) is 0 Å². The second-order valence-corrected chi connectivity index (χ2v) is 5.13. The van der Waals surface area contributed by atoms with Gasteiger partial charge in [-0.25, -0.2) is 14.8 Å². The zero-order chi connectivity index (χ0) is 14.0. The molecule has 0 aliphatic heterocycles. The van der Waals surface area contributed by atoms with Gasteiger partial charge in [0, 0.05) is 11.6 Å². The monoisotopic (exact) mass is 282 g/mol. The van der Waals surface area contributed by atoms with Crippen molar-refractivity contribution >= 4 is 27.0 Å². The van der Waals surface area contributed by atoms with Crippen molar-refractivity contribution in [3.8, 4) is 0 Å². The van der Waals surface area contributed by atoms with Crippen LogP contribution in [0.2, 0.25) is 0 Å². The molecule has 100 valence electrons.